The number of nitrogens with two attached hydrogens (primary N) is 1. The van der Waals surface area contributed by atoms with Gasteiger partial charge in [-0.1, -0.05) is 6.92 Å². The number of benzene rings is 1. The highest BCUT2D eigenvalue weighted by molar-refractivity contribution is 5.34. The van der Waals surface area contributed by atoms with Crippen LogP contribution in [0.4, 0.5) is 4.39 Å². The third-order valence-electron chi connectivity index (χ3n) is 3.52. The summed E-state index contributed by atoms with van der Waals surface area (Å²) >= 11 is 0. The Hall–Kier alpha value is -1.88. The molecule has 0 saturated carbocycles. The van der Waals surface area contributed by atoms with Crippen molar-refractivity contribution in [3.05, 3.63) is 47.5 Å². The van der Waals surface area contributed by atoms with Crippen LogP contribution in [0.2, 0.25) is 0 Å². The molecule has 0 aliphatic heterocycles. The lowest BCUT2D eigenvalue weighted by molar-refractivity contribution is 0.294. The summed E-state index contributed by atoms with van der Waals surface area (Å²) in [6.45, 7) is 5.08. The number of halogens is 1. The van der Waals surface area contributed by atoms with Crippen LogP contribution >= 0.6 is 0 Å². The molecule has 1 heterocycles. The van der Waals surface area contributed by atoms with E-state index in [0.29, 0.717) is 31.4 Å². The Kier molecular flexibility index (Phi) is 5.33. The molecule has 21 heavy (non-hydrogen) atoms. The smallest absolute Gasteiger partial charge is 0.132 e. The molecule has 1 aromatic carbocycles. The maximum Gasteiger partial charge on any atom is 0.132 e. The molecule has 0 saturated heterocycles. The number of hydrogen-bond donors (Lipinski definition) is 1. The molecule has 0 aliphatic carbocycles. The maximum absolute atomic E-state index is 13.3. The predicted octanol–water partition coefficient (Wildman–Crippen LogP) is 3.07. The minimum Gasteiger partial charge on any atom is -0.487 e. The van der Waals surface area contributed by atoms with Gasteiger partial charge in [-0.2, -0.15) is 5.10 Å². The summed E-state index contributed by atoms with van der Waals surface area (Å²) in [5.41, 5.74) is 7.20. The zero-order valence-electron chi connectivity index (χ0n) is 12.6. The highest BCUT2D eigenvalue weighted by Crippen LogP contribution is 2.21. The predicted molar refractivity (Wildman–Crippen MR) is 80.7 cm³/mol. The Bertz CT molecular complexity index is 583. The molecule has 0 radical (unpaired) electrons. The van der Waals surface area contributed by atoms with Crippen LogP contribution in [0.25, 0.3) is 0 Å². The van der Waals surface area contributed by atoms with Gasteiger partial charge in [0.25, 0.3) is 0 Å². The van der Waals surface area contributed by atoms with Crippen LogP contribution in [-0.4, -0.2) is 16.3 Å². The Balaban J connectivity index is 2.04. The van der Waals surface area contributed by atoms with Crippen molar-refractivity contribution in [2.24, 2.45) is 5.73 Å². The van der Waals surface area contributed by atoms with E-state index in [2.05, 4.69) is 18.9 Å². The first-order valence-corrected chi connectivity index (χ1v) is 7.29. The lowest BCUT2D eigenvalue weighted by Gasteiger charge is -2.11. The molecule has 0 bridgehead atoms. The summed E-state index contributed by atoms with van der Waals surface area (Å²) in [5.74, 6) is 0.395. The van der Waals surface area contributed by atoms with E-state index >= 15 is 0 Å². The highest BCUT2D eigenvalue weighted by Gasteiger charge is 2.08. The summed E-state index contributed by atoms with van der Waals surface area (Å²) < 4.78 is 20.9. The summed E-state index contributed by atoms with van der Waals surface area (Å²) in [5, 5.41) is 4.48. The molecule has 1 aromatic heterocycles. The first-order valence-electron chi connectivity index (χ1n) is 7.29. The number of aromatic nitrogens is 2. The zero-order valence-corrected chi connectivity index (χ0v) is 12.6. The normalized spacial score (nSPS) is 12.4. The van der Waals surface area contributed by atoms with E-state index in [1.807, 2.05) is 16.9 Å². The number of hydrogen-bond acceptors (Lipinski definition) is 3. The fourth-order valence-corrected chi connectivity index (χ4v) is 2.08. The lowest BCUT2D eigenvalue weighted by atomic mass is 10.1. The van der Waals surface area contributed by atoms with Crippen molar-refractivity contribution in [1.29, 1.82) is 0 Å². The van der Waals surface area contributed by atoms with Gasteiger partial charge >= 0.3 is 0 Å². The fourth-order valence-electron chi connectivity index (χ4n) is 2.08. The van der Waals surface area contributed by atoms with Gasteiger partial charge in [0, 0.05) is 12.2 Å². The molecular formula is C16H22FN3O. The van der Waals surface area contributed by atoms with Crippen molar-refractivity contribution in [2.75, 3.05) is 6.54 Å². The number of nitrogens with zero attached hydrogens (tertiary/aromatic N) is 2. The minimum absolute atomic E-state index is 0.271. The largest absolute Gasteiger partial charge is 0.487 e. The lowest BCUT2D eigenvalue weighted by Crippen LogP contribution is -2.07. The molecule has 5 heteroatoms. The average Bonchev–Trinajstić information content (AvgIpc) is 2.95. The van der Waals surface area contributed by atoms with E-state index in [4.69, 9.17) is 10.5 Å². The highest BCUT2D eigenvalue weighted by atomic mass is 19.1. The topological polar surface area (TPSA) is 53.1 Å². The van der Waals surface area contributed by atoms with Gasteiger partial charge in [0.1, 0.15) is 18.2 Å². The summed E-state index contributed by atoms with van der Waals surface area (Å²) in [7, 11) is 0. The minimum atomic E-state index is -0.271. The molecule has 0 aliphatic rings. The van der Waals surface area contributed by atoms with Crippen LogP contribution in [0.1, 0.15) is 37.6 Å². The molecule has 4 nitrogen and oxygen atoms in total. The summed E-state index contributed by atoms with van der Waals surface area (Å²) in [4.78, 5) is 0. The molecule has 2 N–H and O–H groups in total. The standard InChI is InChI=1S/C16H22FN3O/c1-3-12(2)20-9-7-15(19-20)11-21-16-5-4-14(17)10-13(16)6-8-18/h4-5,7,9-10,12H,3,6,8,11,18H2,1-2H3. The van der Waals surface area contributed by atoms with Crippen molar-refractivity contribution >= 4 is 0 Å². The molecule has 1 atom stereocenters. The third-order valence-corrected chi connectivity index (χ3v) is 3.52. The molecule has 2 aromatic rings. The summed E-state index contributed by atoms with van der Waals surface area (Å²) in [6, 6.07) is 6.83. The van der Waals surface area contributed by atoms with Crippen molar-refractivity contribution in [3.8, 4) is 5.75 Å². The van der Waals surface area contributed by atoms with Crippen LogP contribution in [0.5, 0.6) is 5.75 Å². The molecule has 1 unspecified atom stereocenters. The van der Waals surface area contributed by atoms with Crippen molar-refractivity contribution < 1.29 is 9.13 Å². The molecule has 0 spiro atoms. The van der Waals surface area contributed by atoms with E-state index in [1.165, 1.54) is 12.1 Å². The van der Waals surface area contributed by atoms with Gasteiger partial charge in [0.15, 0.2) is 0 Å². The van der Waals surface area contributed by atoms with E-state index < -0.39 is 0 Å². The third kappa shape index (κ3) is 4.04. The van der Waals surface area contributed by atoms with Gasteiger partial charge in [-0.05, 0) is 56.1 Å². The second-order valence-corrected chi connectivity index (χ2v) is 5.12. The Morgan fingerprint density at radius 3 is 2.90 bits per heavy atom. The Labute approximate surface area is 124 Å². The molecule has 114 valence electrons. The average molecular weight is 291 g/mol. The van der Waals surface area contributed by atoms with Gasteiger partial charge in [0.2, 0.25) is 0 Å². The first-order chi connectivity index (χ1) is 10.1. The van der Waals surface area contributed by atoms with Crippen molar-refractivity contribution in [1.82, 2.24) is 9.78 Å². The first kappa shape index (κ1) is 15.5. The molecule has 2 rings (SSSR count). The number of ether oxygens (including phenoxy) is 1. The van der Waals surface area contributed by atoms with Crippen molar-refractivity contribution in [3.63, 3.8) is 0 Å². The van der Waals surface area contributed by atoms with E-state index in [-0.39, 0.29) is 5.82 Å². The monoisotopic (exact) mass is 291 g/mol. The zero-order chi connectivity index (χ0) is 15.2. The fraction of sp³-hybridized carbons (Fsp3) is 0.438. The van der Waals surface area contributed by atoms with E-state index in [0.717, 1.165) is 17.7 Å². The van der Waals surface area contributed by atoms with E-state index in [1.54, 1.807) is 6.07 Å². The maximum atomic E-state index is 13.3. The van der Waals surface area contributed by atoms with Gasteiger partial charge in [0.05, 0.1) is 5.69 Å². The van der Waals surface area contributed by atoms with Crippen LogP contribution in [0.3, 0.4) is 0 Å². The van der Waals surface area contributed by atoms with Gasteiger partial charge in [-0.3, -0.25) is 4.68 Å². The second kappa shape index (κ2) is 7.22. The van der Waals surface area contributed by atoms with Crippen LogP contribution < -0.4 is 10.5 Å². The van der Waals surface area contributed by atoms with Crippen LogP contribution in [0.15, 0.2) is 30.5 Å². The molecule has 0 amide bonds. The molecule has 0 fully saturated rings. The van der Waals surface area contributed by atoms with Crippen molar-refractivity contribution in [2.45, 2.75) is 39.3 Å². The molecular weight excluding hydrogens is 269 g/mol. The van der Waals surface area contributed by atoms with Gasteiger partial charge in [-0.25, -0.2) is 4.39 Å². The van der Waals surface area contributed by atoms with Crippen LogP contribution in [-0.2, 0) is 13.0 Å². The van der Waals surface area contributed by atoms with Gasteiger partial charge < -0.3 is 10.5 Å². The SMILES string of the molecule is CCC(C)n1ccc(COc2ccc(F)cc2CCN)n1. The quantitative estimate of drug-likeness (QED) is 0.853. The van der Waals surface area contributed by atoms with E-state index in [9.17, 15) is 4.39 Å². The summed E-state index contributed by atoms with van der Waals surface area (Å²) in [6.07, 6.45) is 3.58. The second-order valence-electron chi connectivity index (χ2n) is 5.12. The Morgan fingerprint density at radius 2 is 2.19 bits per heavy atom. The number of rotatable bonds is 7. The van der Waals surface area contributed by atoms with Gasteiger partial charge in [-0.15, -0.1) is 0 Å². The Morgan fingerprint density at radius 1 is 1.38 bits per heavy atom. The van der Waals surface area contributed by atoms with Crippen LogP contribution in [0, 0.1) is 5.82 Å².